The van der Waals surface area contributed by atoms with Crippen molar-refractivity contribution in [3.63, 3.8) is 0 Å². The third-order valence-electron chi connectivity index (χ3n) is 4.51. The number of benzene rings is 1. The van der Waals surface area contributed by atoms with Gasteiger partial charge >= 0.3 is 17.9 Å². The highest BCUT2D eigenvalue weighted by Crippen LogP contribution is 2.07. The number of esters is 1. The monoisotopic (exact) mass is 465 g/mol. The molecule has 4 N–H and O–H groups in total. The molecule has 0 spiro atoms. The minimum absolute atomic E-state index is 0.0620. The number of aliphatic carboxylic acids is 1. The molecule has 0 aliphatic rings. The molecule has 0 aromatic heterocycles. The highest BCUT2D eigenvalue weighted by molar-refractivity contribution is 5.90. The second kappa shape index (κ2) is 13.8. The molecule has 0 heterocycles. The van der Waals surface area contributed by atoms with Gasteiger partial charge in [0.2, 0.25) is 11.8 Å². The second-order valence-corrected chi connectivity index (χ2v) is 7.77. The van der Waals surface area contributed by atoms with Crippen molar-refractivity contribution in [3.05, 3.63) is 35.9 Å². The lowest BCUT2D eigenvalue weighted by molar-refractivity contribution is -0.162. The summed E-state index contributed by atoms with van der Waals surface area (Å²) in [6.07, 6.45) is -0.401. The molecule has 0 saturated heterocycles. The van der Waals surface area contributed by atoms with E-state index in [1.54, 1.807) is 38.1 Å². The number of carboxylic acid groups (broad SMARTS) is 1. The van der Waals surface area contributed by atoms with E-state index < -0.39 is 47.8 Å². The maximum atomic E-state index is 12.4. The Morgan fingerprint density at radius 2 is 1.64 bits per heavy atom. The third-order valence-corrected chi connectivity index (χ3v) is 4.51. The highest BCUT2D eigenvalue weighted by atomic mass is 16.7. The number of hydroxylamine groups is 1. The summed E-state index contributed by atoms with van der Waals surface area (Å²) < 4.78 is 5.10. The second-order valence-electron chi connectivity index (χ2n) is 7.77. The third kappa shape index (κ3) is 10.6. The molecule has 11 nitrogen and oxygen atoms in total. The molecule has 1 aromatic carbocycles. The zero-order valence-corrected chi connectivity index (χ0v) is 19.1. The Morgan fingerprint density at radius 1 is 1.00 bits per heavy atom. The molecule has 33 heavy (non-hydrogen) atoms. The number of carbonyl (C=O) groups is 5. The Hall–Kier alpha value is -3.47. The molecule has 182 valence electrons. The summed E-state index contributed by atoms with van der Waals surface area (Å²) in [4.78, 5) is 64.0. The van der Waals surface area contributed by atoms with Crippen LogP contribution in [0.4, 0.5) is 0 Å². The summed E-state index contributed by atoms with van der Waals surface area (Å²) in [5, 5.41) is 14.2. The first kappa shape index (κ1) is 27.6. The fourth-order valence-corrected chi connectivity index (χ4v) is 2.64. The molecule has 11 heteroatoms. The van der Waals surface area contributed by atoms with Crippen molar-refractivity contribution >= 4 is 29.7 Å². The van der Waals surface area contributed by atoms with E-state index in [-0.39, 0.29) is 25.4 Å². The summed E-state index contributed by atoms with van der Waals surface area (Å²) in [7, 11) is 0. The lowest BCUT2D eigenvalue weighted by Gasteiger charge is -2.23. The molecule has 0 fully saturated rings. The van der Waals surface area contributed by atoms with E-state index in [1.165, 1.54) is 13.8 Å². The van der Waals surface area contributed by atoms with Crippen LogP contribution in [-0.4, -0.2) is 53.0 Å². The number of amides is 2. The van der Waals surface area contributed by atoms with Crippen LogP contribution in [0.5, 0.6) is 0 Å². The van der Waals surface area contributed by atoms with Gasteiger partial charge in [-0.2, -0.15) is 0 Å². The standard InChI is InChI=1S/C22H31N3O8/c1-13(2)19(24-20(28)14(3)23-15(4)26)22(31)33-25-17(21(29)30)10-11-18(27)32-12-16-8-6-5-7-9-16/h5-9,13-14,17,19,25H,10-12H2,1-4H3,(H,23,26)(H,24,28)(H,29,30)/t14-,17-,19-/m0/s1. The molecule has 1 rings (SSSR count). The zero-order valence-electron chi connectivity index (χ0n) is 19.1. The summed E-state index contributed by atoms with van der Waals surface area (Å²) in [5.74, 6) is -4.23. The normalized spacial score (nSPS) is 13.4. The predicted molar refractivity (Wildman–Crippen MR) is 116 cm³/mol. The molecule has 1 aromatic rings. The number of nitrogens with one attached hydrogen (secondary N) is 3. The molecule has 3 atom stereocenters. The van der Waals surface area contributed by atoms with Gasteiger partial charge in [-0.3, -0.25) is 19.2 Å². The number of rotatable bonds is 13. The Balaban J connectivity index is 2.56. The van der Waals surface area contributed by atoms with Gasteiger partial charge in [-0.15, -0.1) is 5.48 Å². The molecular formula is C22H31N3O8. The van der Waals surface area contributed by atoms with Gasteiger partial charge in [-0.25, -0.2) is 4.79 Å². The van der Waals surface area contributed by atoms with Gasteiger partial charge in [0.25, 0.3) is 0 Å². The average molecular weight is 466 g/mol. The summed E-state index contributed by atoms with van der Waals surface area (Å²) >= 11 is 0. The van der Waals surface area contributed by atoms with E-state index in [1.807, 2.05) is 6.07 Å². The van der Waals surface area contributed by atoms with E-state index >= 15 is 0 Å². The van der Waals surface area contributed by atoms with Crippen LogP contribution in [0.15, 0.2) is 30.3 Å². The summed E-state index contributed by atoms with van der Waals surface area (Å²) in [5.41, 5.74) is 2.93. The Bertz CT molecular complexity index is 828. The van der Waals surface area contributed by atoms with Crippen molar-refractivity contribution in [2.24, 2.45) is 5.92 Å². The molecule has 0 aliphatic carbocycles. The largest absolute Gasteiger partial charge is 0.480 e. The number of hydrogen-bond donors (Lipinski definition) is 4. The smallest absolute Gasteiger partial charge is 0.347 e. The van der Waals surface area contributed by atoms with Crippen molar-refractivity contribution in [3.8, 4) is 0 Å². The molecule has 0 saturated carbocycles. The number of hydrogen-bond acceptors (Lipinski definition) is 8. The van der Waals surface area contributed by atoms with E-state index in [0.29, 0.717) is 0 Å². The molecule has 0 radical (unpaired) electrons. The lowest BCUT2D eigenvalue weighted by Crippen LogP contribution is -2.53. The van der Waals surface area contributed by atoms with Crippen LogP contribution in [0, 0.1) is 5.92 Å². The van der Waals surface area contributed by atoms with Crippen LogP contribution < -0.4 is 16.1 Å². The van der Waals surface area contributed by atoms with Crippen molar-refractivity contribution in [1.29, 1.82) is 0 Å². The average Bonchev–Trinajstić information content (AvgIpc) is 2.75. The first-order valence-corrected chi connectivity index (χ1v) is 10.5. The highest BCUT2D eigenvalue weighted by Gasteiger charge is 2.30. The first-order valence-electron chi connectivity index (χ1n) is 10.5. The van der Waals surface area contributed by atoms with Crippen LogP contribution in [0.3, 0.4) is 0 Å². The fraction of sp³-hybridized carbons (Fsp3) is 0.500. The Labute approximate surface area is 192 Å². The molecule has 2 amide bonds. The van der Waals surface area contributed by atoms with Crippen molar-refractivity contribution < 1.29 is 38.7 Å². The summed E-state index contributed by atoms with van der Waals surface area (Å²) in [6, 6.07) is 5.67. The Morgan fingerprint density at radius 3 is 2.18 bits per heavy atom. The lowest BCUT2D eigenvalue weighted by atomic mass is 10.0. The van der Waals surface area contributed by atoms with Crippen LogP contribution in [0.2, 0.25) is 0 Å². The molecule has 0 unspecified atom stereocenters. The van der Waals surface area contributed by atoms with Crippen LogP contribution >= 0.6 is 0 Å². The van der Waals surface area contributed by atoms with Gasteiger partial charge in [-0.05, 0) is 24.8 Å². The topological polar surface area (TPSA) is 160 Å². The first-order chi connectivity index (χ1) is 15.5. The van der Waals surface area contributed by atoms with Gasteiger partial charge in [0, 0.05) is 13.3 Å². The number of carboxylic acids is 1. The van der Waals surface area contributed by atoms with E-state index in [0.717, 1.165) is 5.56 Å². The van der Waals surface area contributed by atoms with Gasteiger partial charge in [0.1, 0.15) is 24.7 Å². The van der Waals surface area contributed by atoms with Crippen LogP contribution in [0.1, 0.15) is 46.1 Å². The predicted octanol–water partition coefficient (Wildman–Crippen LogP) is 0.676. The van der Waals surface area contributed by atoms with E-state index in [9.17, 15) is 29.1 Å². The maximum Gasteiger partial charge on any atom is 0.347 e. The van der Waals surface area contributed by atoms with Gasteiger partial charge in [-0.1, -0.05) is 44.2 Å². The van der Waals surface area contributed by atoms with Gasteiger partial charge in [0.05, 0.1) is 0 Å². The van der Waals surface area contributed by atoms with Gasteiger partial charge in [0.15, 0.2) is 0 Å². The quantitative estimate of drug-likeness (QED) is 0.242. The molecular weight excluding hydrogens is 434 g/mol. The minimum Gasteiger partial charge on any atom is -0.480 e. The van der Waals surface area contributed by atoms with Crippen LogP contribution in [0.25, 0.3) is 0 Å². The number of carbonyl (C=O) groups excluding carboxylic acids is 4. The summed E-state index contributed by atoms with van der Waals surface area (Å²) in [6.45, 7) is 6.09. The maximum absolute atomic E-state index is 12.4. The van der Waals surface area contributed by atoms with Gasteiger partial charge < -0.3 is 25.3 Å². The van der Waals surface area contributed by atoms with E-state index in [2.05, 4.69) is 16.1 Å². The minimum atomic E-state index is -1.36. The molecule has 0 bridgehead atoms. The molecule has 0 aliphatic heterocycles. The van der Waals surface area contributed by atoms with Crippen molar-refractivity contribution in [1.82, 2.24) is 16.1 Å². The number of ether oxygens (including phenoxy) is 1. The SMILES string of the molecule is CC(=O)N[C@@H](C)C(=O)N[C@H](C(=O)ON[C@@H](CCC(=O)OCc1ccccc1)C(=O)O)C(C)C. The van der Waals surface area contributed by atoms with Crippen LogP contribution in [-0.2, 0) is 40.2 Å². The van der Waals surface area contributed by atoms with Crippen molar-refractivity contribution in [2.45, 2.75) is 65.3 Å². The van der Waals surface area contributed by atoms with Crippen molar-refractivity contribution in [2.75, 3.05) is 0 Å². The Kier molecular flexibility index (Phi) is 11.6. The fourth-order valence-electron chi connectivity index (χ4n) is 2.64. The zero-order chi connectivity index (χ0) is 25.0. The van der Waals surface area contributed by atoms with E-state index in [4.69, 9.17) is 9.57 Å².